The molecule has 0 aromatic heterocycles. The number of ketones is 1. The maximum absolute atomic E-state index is 11.6. The molecule has 5 nitrogen and oxygen atoms in total. The highest BCUT2D eigenvalue weighted by atomic mass is 16.2. The third-order valence-electron chi connectivity index (χ3n) is 3.77. The summed E-state index contributed by atoms with van der Waals surface area (Å²) in [5.74, 6) is 2.44. The SMILES string of the molecule is C#CCNC(=O)CN1CCN(c2ccc(C(C)=O)cc2)CC1. The third kappa shape index (κ3) is 4.34. The zero-order valence-corrected chi connectivity index (χ0v) is 12.8. The predicted octanol–water partition coefficient (Wildman–Crippen LogP) is 0.761. The zero-order valence-electron chi connectivity index (χ0n) is 12.8. The van der Waals surface area contributed by atoms with Gasteiger partial charge in [-0.05, 0) is 31.2 Å². The topological polar surface area (TPSA) is 52.7 Å². The molecule has 5 heteroatoms. The Morgan fingerprint density at radius 3 is 2.36 bits per heavy atom. The molecule has 1 aromatic carbocycles. The van der Waals surface area contributed by atoms with Gasteiger partial charge in [-0.15, -0.1) is 6.42 Å². The fraction of sp³-hybridized carbons (Fsp3) is 0.412. The molecule has 1 N–H and O–H groups in total. The van der Waals surface area contributed by atoms with Crippen LogP contribution in [-0.2, 0) is 4.79 Å². The second-order valence-corrected chi connectivity index (χ2v) is 5.35. The van der Waals surface area contributed by atoms with Crippen LogP contribution in [0.2, 0.25) is 0 Å². The maximum Gasteiger partial charge on any atom is 0.234 e. The normalized spacial score (nSPS) is 15.2. The number of benzene rings is 1. The number of hydrogen-bond donors (Lipinski definition) is 1. The van der Waals surface area contributed by atoms with Crippen LogP contribution in [0.1, 0.15) is 17.3 Å². The van der Waals surface area contributed by atoms with Gasteiger partial charge in [0.2, 0.25) is 5.91 Å². The maximum atomic E-state index is 11.6. The number of nitrogens with one attached hydrogen (secondary N) is 1. The van der Waals surface area contributed by atoms with E-state index >= 15 is 0 Å². The van der Waals surface area contributed by atoms with Crippen LogP contribution < -0.4 is 10.2 Å². The number of carbonyl (C=O) groups is 2. The molecule has 1 fully saturated rings. The van der Waals surface area contributed by atoms with Crippen molar-refractivity contribution in [2.24, 2.45) is 0 Å². The van der Waals surface area contributed by atoms with Crippen LogP contribution in [0.15, 0.2) is 24.3 Å². The highest BCUT2D eigenvalue weighted by molar-refractivity contribution is 5.94. The summed E-state index contributed by atoms with van der Waals surface area (Å²) in [4.78, 5) is 27.3. The molecule has 0 unspecified atom stereocenters. The van der Waals surface area contributed by atoms with Gasteiger partial charge in [0.25, 0.3) is 0 Å². The number of amides is 1. The number of anilines is 1. The Balaban J connectivity index is 1.83. The molecule has 1 aromatic rings. The van der Waals surface area contributed by atoms with Gasteiger partial charge in [0.15, 0.2) is 5.78 Å². The quantitative estimate of drug-likeness (QED) is 0.644. The molecule has 0 saturated carbocycles. The van der Waals surface area contributed by atoms with Crippen LogP contribution in [0.4, 0.5) is 5.69 Å². The number of piperazine rings is 1. The van der Waals surface area contributed by atoms with Gasteiger partial charge in [-0.1, -0.05) is 5.92 Å². The number of nitrogens with zero attached hydrogens (tertiary/aromatic N) is 2. The van der Waals surface area contributed by atoms with Crippen molar-refractivity contribution in [3.05, 3.63) is 29.8 Å². The first-order valence-electron chi connectivity index (χ1n) is 7.38. The molecule has 116 valence electrons. The van der Waals surface area contributed by atoms with E-state index in [2.05, 4.69) is 21.0 Å². The van der Waals surface area contributed by atoms with Crippen LogP contribution in [0.25, 0.3) is 0 Å². The molecule has 0 bridgehead atoms. The highest BCUT2D eigenvalue weighted by Gasteiger charge is 2.19. The number of rotatable bonds is 5. The van der Waals surface area contributed by atoms with Crippen LogP contribution in [-0.4, -0.2) is 55.9 Å². The van der Waals surface area contributed by atoms with Crippen molar-refractivity contribution in [3.8, 4) is 12.3 Å². The van der Waals surface area contributed by atoms with Gasteiger partial charge in [-0.2, -0.15) is 0 Å². The lowest BCUT2D eigenvalue weighted by Gasteiger charge is -2.35. The Hall–Kier alpha value is -2.32. The van der Waals surface area contributed by atoms with E-state index in [9.17, 15) is 9.59 Å². The minimum Gasteiger partial charge on any atom is -0.369 e. The van der Waals surface area contributed by atoms with Gasteiger partial charge in [-0.25, -0.2) is 0 Å². The molecule has 2 rings (SSSR count). The van der Waals surface area contributed by atoms with Crippen LogP contribution in [0.3, 0.4) is 0 Å². The van der Waals surface area contributed by atoms with Gasteiger partial charge in [0.05, 0.1) is 13.1 Å². The summed E-state index contributed by atoms with van der Waals surface area (Å²) in [5, 5.41) is 2.68. The van der Waals surface area contributed by atoms with Gasteiger partial charge >= 0.3 is 0 Å². The third-order valence-corrected chi connectivity index (χ3v) is 3.77. The first-order valence-corrected chi connectivity index (χ1v) is 7.38. The van der Waals surface area contributed by atoms with Crippen molar-refractivity contribution in [1.29, 1.82) is 0 Å². The molecule has 0 radical (unpaired) electrons. The van der Waals surface area contributed by atoms with Gasteiger partial charge in [0, 0.05) is 37.4 Å². The van der Waals surface area contributed by atoms with E-state index in [1.807, 2.05) is 24.3 Å². The molecule has 1 heterocycles. The van der Waals surface area contributed by atoms with Crippen molar-refractivity contribution in [2.75, 3.05) is 44.2 Å². The summed E-state index contributed by atoms with van der Waals surface area (Å²) in [6.07, 6.45) is 5.12. The van der Waals surface area contributed by atoms with Crippen molar-refractivity contribution in [3.63, 3.8) is 0 Å². The fourth-order valence-electron chi connectivity index (χ4n) is 2.48. The molecule has 1 saturated heterocycles. The van der Waals surface area contributed by atoms with Crippen molar-refractivity contribution in [1.82, 2.24) is 10.2 Å². The molecule has 22 heavy (non-hydrogen) atoms. The average Bonchev–Trinajstić information content (AvgIpc) is 2.54. The smallest absolute Gasteiger partial charge is 0.234 e. The minimum atomic E-state index is -0.0304. The summed E-state index contributed by atoms with van der Waals surface area (Å²) < 4.78 is 0. The Kier molecular flexibility index (Phi) is 5.56. The molecule has 1 amide bonds. The summed E-state index contributed by atoms with van der Waals surface area (Å²) in [7, 11) is 0. The summed E-state index contributed by atoms with van der Waals surface area (Å²) in [6.45, 7) is 5.62. The number of terminal acetylenes is 1. The largest absolute Gasteiger partial charge is 0.369 e. The lowest BCUT2D eigenvalue weighted by atomic mass is 10.1. The van der Waals surface area contributed by atoms with Gasteiger partial charge in [-0.3, -0.25) is 14.5 Å². The lowest BCUT2D eigenvalue weighted by molar-refractivity contribution is -0.122. The van der Waals surface area contributed by atoms with Gasteiger partial charge in [0.1, 0.15) is 0 Å². The molecular formula is C17H21N3O2. The van der Waals surface area contributed by atoms with Crippen LogP contribution >= 0.6 is 0 Å². The lowest BCUT2D eigenvalue weighted by Crippen LogP contribution is -2.49. The van der Waals surface area contributed by atoms with Gasteiger partial charge < -0.3 is 10.2 Å². The van der Waals surface area contributed by atoms with E-state index < -0.39 is 0 Å². The molecule has 1 aliphatic rings. The molecule has 0 spiro atoms. The van der Waals surface area contributed by atoms with E-state index in [-0.39, 0.29) is 18.2 Å². The molecular weight excluding hydrogens is 278 g/mol. The number of hydrogen-bond acceptors (Lipinski definition) is 4. The van der Waals surface area contributed by atoms with Crippen LogP contribution in [0, 0.1) is 12.3 Å². The first-order chi connectivity index (χ1) is 10.6. The monoisotopic (exact) mass is 299 g/mol. The Morgan fingerprint density at radius 2 is 1.82 bits per heavy atom. The predicted molar refractivity (Wildman–Crippen MR) is 86.9 cm³/mol. The Morgan fingerprint density at radius 1 is 1.18 bits per heavy atom. The minimum absolute atomic E-state index is 0.0304. The fourth-order valence-corrected chi connectivity index (χ4v) is 2.48. The Labute approximate surface area is 131 Å². The van der Waals surface area contributed by atoms with E-state index in [0.717, 1.165) is 37.4 Å². The Bertz CT molecular complexity index is 567. The van der Waals surface area contributed by atoms with E-state index in [1.165, 1.54) is 0 Å². The second kappa shape index (κ2) is 7.62. The summed E-state index contributed by atoms with van der Waals surface area (Å²) >= 11 is 0. The summed E-state index contributed by atoms with van der Waals surface area (Å²) in [6, 6.07) is 7.67. The van der Waals surface area contributed by atoms with Crippen molar-refractivity contribution < 1.29 is 9.59 Å². The molecule has 1 aliphatic heterocycles. The standard InChI is InChI=1S/C17H21N3O2/c1-3-8-18-17(22)13-19-9-11-20(12-10-19)16-6-4-15(5-7-16)14(2)21/h1,4-7H,8-13H2,2H3,(H,18,22). The van der Waals surface area contributed by atoms with Crippen molar-refractivity contribution >= 4 is 17.4 Å². The highest BCUT2D eigenvalue weighted by Crippen LogP contribution is 2.17. The van der Waals surface area contributed by atoms with E-state index in [0.29, 0.717) is 6.54 Å². The molecule has 0 aliphatic carbocycles. The van der Waals surface area contributed by atoms with Crippen LogP contribution in [0.5, 0.6) is 0 Å². The number of Topliss-reactive ketones (excluding diaryl/α,β-unsaturated/α-hetero) is 1. The van der Waals surface area contributed by atoms with E-state index in [4.69, 9.17) is 6.42 Å². The van der Waals surface area contributed by atoms with Crippen molar-refractivity contribution in [2.45, 2.75) is 6.92 Å². The van der Waals surface area contributed by atoms with E-state index in [1.54, 1.807) is 6.92 Å². The second-order valence-electron chi connectivity index (χ2n) is 5.35. The summed E-state index contributed by atoms with van der Waals surface area (Å²) in [5.41, 5.74) is 1.84. The first kappa shape index (κ1) is 16.1. The number of carbonyl (C=O) groups excluding carboxylic acids is 2. The molecule has 0 atom stereocenters. The zero-order chi connectivity index (χ0) is 15.9. The average molecular weight is 299 g/mol.